The maximum absolute atomic E-state index is 13.7. The lowest BCUT2D eigenvalue weighted by Crippen LogP contribution is -2.52. The van der Waals surface area contributed by atoms with Gasteiger partial charge in [0.05, 0.1) is 23.5 Å². The number of carbonyl (C=O) groups is 1. The molecule has 0 saturated carbocycles. The number of rotatable bonds is 5. The van der Waals surface area contributed by atoms with Gasteiger partial charge in [0.25, 0.3) is 0 Å². The normalized spacial score (nSPS) is 18.6. The van der Waals surface area contributed by atoms with Crippen LogP contribution in [0.3, 0.4) is 0 Å². The summed E-state index contributed by atoms with van der Waals surface area (Å²) in [5.74, 6) is 0.956. The first-order valence-electron chi connectivity index (χ1n) is 14.0. The van der Waals surface area contributed by atoms with Crippen molar-refractivity contribution in [2.75, 3.05) is 44.2 Å². The quantitative estimate of drug-likeness (QED) is 0.353. The molecule has 2 fully saturated rings. The smallest absolute Gasteiger partial charge is 0.227 e. The third-order valence-electron chi connectivity index (χ3n) is 8.28. The molecule has 4 aromatic rings. The summed E-state index contributed by atoms with van der Waals surface area (Å²) in [7, 11) is 0. The average molecular weight is 526 g/mol. The van der Waals surface area contributed by atoms with Crippen molar-refractivity contribution < 1.29 is 9.18 Å². The van der Waals surface area contributed by atoms with Gasteiger partial charge in [-0.3, -0.25) is 14.3 Å². The third-order valence-corrected chi connectivity index (χ3v) is 8.28. The zero-order valence-corrected chi connectivity index (χ0v) is 22.8. The third kappa shape index (κ3) is 5.15. The Bertz CT molecular complexity index is 1450. The highest BCUT2D eigenvalue weighted by Gasteiger charge is 2.32. The van der Waals surface area contributed by atoms with Crippen molar-refractivity contribution in [3.63, 3.8) is 0 Å². The number of carbonyl (C=O) groups excluding carboxylic acids is 1. The molecule has 2 aliphatic heterocycles. The van der Waals surface area contributed by atoms with Crippen LogP contribution in [-0.4, -0.2) is 64.5 Å². The van der Waals surface area contributed by atoms with Gasteiger partial charge in [-0.2, -0.15) is 0 Å². The van der Waals surface area contributed by atoms with Crippen LogP contribution in [-0.2, 0) is 11.3 Å². The molecule has 2 saturated heterocycles. The summed E-state index contributed by atoms with van der Waals surface area (Å²) in [5, 5.41) is 0. The van der Waals surface area contributed by atoms with E-state index in [0.717, 1.165) is 74.7 Å². The number of imidazole rings is 1. The Morgan fingerprint density at radius 2 is 1.62 bits per heavy atom. The zero-order chi connectivity index (χ0) is 26.9. The number of nitrogens with zero attached hydrogens (tertiary/aromatic N) is 5. The fourth-order valence-corrected chi connectivity index (χ4v) is 6.37. The number of likely N-dealkylation sites (tertiary alicyclic amines) is 1. The second kappa shape index (κ2) is 10.8. The van der Waals surface area contributed by atoms with Gasteiger partial charge in [-0.25, -0.2) is 9.37 Å². The lowest BCUT2D eigenvalue weighted by molar-refractivity contribution is -0.137. The monoisotopic (exact) mass is 525 g/mol. The number of piperazine rings is 1. The Labute approximate surface area is 229 Å². The minimum absolute atomic E-state index is 0.00847. The van der Waals surface area contributed by atoms with Gasteiger partial charge in [0.15, 0.2) is 0 Å². The lowest BCUT2D eigenvalue weighted by Gasteiger charge is -2.40. The highest BCUT2D eigenvalue weighted by molar-refractivity contribution is 5.80. The Kier molecular flexibility index (Phi) is 7.09. The van der Waals surface area contributed by atoms with E-state index in [1.807, 2.05) is 18.2 Å². The van der Waals surface area contributed by atoms with E-state index >= 15 is 0 Å². The van der Waals surface area contributed by atoms with E-state index in [1.165, 1.54) is 28.9 Å². The molecule has 7 heteroatoms. The van der Waals surface area contributed by atoms with Gasteiger partial charge in [0.2, 0.25) is 5.91 Å². The Morgan fingerprint density at radius 1 is 0.897 bits per heavy atom. The summed E-state index contributed by atoms with van der Waals surface area (Å²) in [6, 6.07) is 21.1. The zero-order valence-electron chi connectivity index (χ0n) is 22.8. The van der Waals surface area contributed by atoms with Gasteiger partial charge >= 0.3 is 0 Å². The van der Waals surface area contributed by atoms with E-state index in [2.05, 4.69) is 57.4 Å². The van der Waals surface area contributed by atoms with Crippen molar-refractivity contribution in [1.29, 1.82) is 0 Å². The van der Waals surface area contributed by atoms with Crippen molar-refractivity contribution in [1.82, 2.24) is 19.4 Å². The van der Waals surface area contributed by atoms with Gasteiger partial charge in [-0.1, -0.05) is 30.3 Å². The van der Waals surface area contributed by atoms with Gasteiger partial charge in [0, 0.05) is 44.1 Å². The van der Waals surface area contributed by atoms with E-state index in [4.69, 9.17) is 4.98 Å². The molecule has 3 aromatic carbocycles. The number of anilines is 1. The number of hydrogen-bond acceptors (Lipinski definition) is 4. The number of hydrogen-bond donors (Lipinski definition) is 0. The SMILES string of the molecule is Cc1cccc(C)c1N1CCN(C(=O)[C@H]2CCCN(Cc3nc4ccccc4n3-c3ccc(F)cc3)C2)CC1. The molecule has 39 heavy (non-hydrogen) atoms. The average Bonchev–Trinajstić information content (AvgIpc) is 3.31. The molecule has 6 rings (SSSR count). The van der Waals surface area contributed by atoms with Crippen LogP contribution in [0.2, 0.25) is 0 Å². The number of halogens is 1. The molecule has 0 radical (unpaired) electrons. The number of aryl methyl sites for hydroxylation is 2. The van der Waals surface area contributed by atoms with Crippen LogP contribution in [0.1, 0.15) is 29.8 Å². The Hall–Kier alpha value is -3.71. The largest absolute Gasteiger partial charge is 0.368 e. The van der Waals surface area contributed by atoms with Crippen LogP contribution in [0.25, 0.3) is 16.7 Å². The predicted molar refractivity (Wildman–Crippen MR) is 154 cm³/mol. The Morgan fingerprint density at radius 3 is 2.36 bits per heavy atom. The van der Waals surface area contributed by atoms with Gasteiger partial charge in [-0.15, -0.1) is 0 Å². The molecule has 0 aliphatic carbocycles. The van der Waals surface area contributed by atoms with E-state index in [0.29, 0.717) is 6.54 Å². The Balaban J connectivity index is 1.14. The van der Waals surface area contributed by atoms with Crippen LogP contribution in [0.5, 0.6) is 0 Å². The first kappa shape index (κ1) is 25.6. The number of fused-ring (bicyclic) bond motifs is 1. The first-order chi connectivity index (χ1) is 19.0. The summed E-state index contributed by atoms with van der Waals surface area (Å²) < 4.78 is 15.8. The van der Waals surface area contributed by atoms with Crippen LogP contribution in [0.4, 0.5) is 10.1 Å². The maximum Gasteiger partial charge on any atom is 0.227 e. The van der Waals surface area contributed by atoms with Crippen LogP contribution in [0, 0.1) is 25.6 Å². The summed E-state index contributed by atoms with van der Waals surface area (Å²) in [5.41, 5.74) is 6.73. The number of amides is 1. The highest BCUT2D eigenvalue weighted by atomic mass is 19.1. The van der Waals surface area contributed by atoms with Gasteiger partial charge in [0.1, 0.15) is 11.6 Å². The highest BCUT2D eigenvalue weighted by Crippen LogP contribution is 2.28. The second-order valence-electron chi connectivity index (χ2n) is 11.0. The summed E-state index contributed by atoms with van der Waals surface area (Å²) in [6.45, 7) is 9.94. The standard InChI is InChI=1S/C32H36FN5O/c1-23-7-5-8-24(2)31(23)36-17-19-37(20-18-36)32(39)25-9-6-16-35(21-25)22-30-34-28-10-3-4-11-29(28)38(30)27-14-12-26(33)13-15-27/h3-5,7-8,10-15,25H,6,9,16-22H2,1-2H3/t25-/m0/s1. The summed E-state index contributed by atoms with van der Waals surface area (Å²) in [4.78, 5) is 25.4. The van der Waals surface area contributed by atoms with E-state index < -0.39 is 0 Å². The summed E-state index contributed by atoms with van der Waals surface area (Å²) >= 11 is 0. The van der Waals surface area contributed by atoms with Crippen LogP contribution >= 0.6 is 0 Å². The minimum atomic E-state index is -0.253. The van der Waals surface area contributed by atoms with E-state index in [9.17, 15) is 9.18 Å². The first-order valence-corrected chi connectivity index (χ1v) is 14.0. The van der Waals surface area contributed by atoms with Crippen molar-refractivity contribution in [2.24, 2.45) is 5.92 Å². The summed E-state index contributed by atoms with van der Waals surface area (Å²) in [6.07, 6.45) is 1.93. The molecular weight excluding hydrogens is 489 g/mol. The molecule has 2 aliphatic rings. The molecule has 1 atom stereocenters. The van der Waals surface area contributed by atoms with E-state index in [-0.39, 0.29) is 17.6 Å². The van der Waals surface area contributed by atoms with Gasteiger partial charge < -0.3 is 9.80 Å². The van der Waals surface area contributed by atoms with Crippen LogP contribution in [0.15, 0.2) is 66.7 Å². The van der Waals surface area contributed by atoms with Crippen molar-refractivity contribution in [2.45, 2.75) is 33.2 Å². The molecule has 0 N–H and O–H groups in total. The molecule has 6 nitrogen and oxygen atoms in total. The molecule has 0 unspecified atom stereocenters. The minimum Gasteiger partial charge on any atom is -0.368 e. The number of aromatic nitrogens is 2. The molecule has 0 spiro atoms. The maximum atomic E-state index is 13.7. The van der Waals surface area contributed by atoms with Crippen molar-refractivity contribution in [3.8, 4) is 5.69 Å². The predicted octanol–water partition coefficient (Wildman–Crippen LogP) is 5.34. The second-order valence-corrected chi connectivity index (χ2v) is 11.0. The topological polar surface area (TPSA) is 44.6 Å². The molecule has 0 bridgehead atoms. The molecule has 1 amide bonds. The van der Waals surface area contributed by atoms with Crippen molar-refractivity contribution in [3.05, 3.63) is 89.5 Å². The van der Waals surface area contributed by atoms with Gasteiger partial charge in [-0.05, 0) is 80.8 Å². The number of para-hydroxylation sites is 3. The molecule has 1 aromatic heterocycles. The van der Waals surface area contributed by atoms with Crippen molar-refractivity contribution >= 4 is 22.6 Å². The lowest BCUT2D eigenvalue weighted by atomic mass is 9.96. The molecule has 3 heterocycles. The number of benzene rings is 3. The number of piperidine rings is 1. The fraction of sp³-hybridized carbons (Fsp3) is 0.375. The fourth-order valence-electron chi connectivity index (χ4n) is 6.37. The molecule has 202 valence electrons. The molecular formula is C32H36FN5O. The van der Waals surface area contributed by atoms with Crippen LogP contribution < -0.4 is 4.90 Å². The van der Waals surface area contributed by atoms with E-state index in [1.54, 1.807) is 12.1 Å².